The molecule has 2 rings (SSSR count). The van der Waals surface area contributed by atoms with E-state index in [0.29, 0.717) is 6.61 Å². The zero-order valence-electron chi connectivity index (χ0n) is 12.9. The zero-order chi connectivity index (χ0) is 15.2. The smallest absolute Gasteiger partial charge is 0.124 e. The average Bonchev–Trinajstić information content (AvgIpc) is 2.48. The molecule has 0 aromatic heterocycles. The lowest BCUT2D eigenvalue weighted by atomic mass is 9.97. The molecule has 3 heteroatoms. The highest BCUT2D eigenvalue weighted by Gasteiger charge is 2.14. The van der Waals surface area contributed by atoms with Gasteiger partial charge in [0.1, 0.15) is 11.5 Å². The van der Waals surface area contributed by atoms with E-state index in [1.165, 1.54) is 5.56 Å². The molecule has 0 fully saturated rings. The van der Waals surface area contributed by atoms with Gasteiger partial charge in [-0.25, -0.2) is 0 Å². The number of benzene rings is 2. The van der Waals surface area contributed by atoms with Crippen molar-refractivity contribution in [2.75, 3.05) is 13.7 Å². The highest BCUT2D eigenvalue weighted by Crippen LogP contribution is 2.29. The van der Waals surface area contributed by atoms with Crippen LogP contribution in [-0.4, -0.2) is 13.7 Å². The van der Waals surface area contributed by atoms with E-state index in [0.717, 1.165) is 29.0 Å². The van der Waals surface area contributed by atoms with Crippen molar-refractivity contribution in [3.63, 3.8) is 0 Å². The highest BCUT2D eigenvalue weighted by atomic mass is 16.5. The van der Waals surface area contributed by atoms with Crippen molar-refractivity contribution in [3.05, 3.63) is 59.2 Å². The third-order valence-corrected chi connectivity index (χ3v) is 3.49. The number of ether oxygens (including phenoxy) is 2. The van der Waals surface area contributed by atoms with Crippen LogP contribution in [0.5, 0.6) is 11.5 Å². The van der Waals surface area contributed by atoms with Gasteiger partial charge < -0.3 is 15.2 Å². The molecule has 112 valence electrons. The summed E-state index contributed by atoms with van der Waals surface area (Å²) in [6, 6.07) is 14.0. The van der Waals surface area contributed by atoms with Crippen LogP contribution in [0.3, 0.4) is 0 Å². The molecule has 0 amide bonds. The molecular weight excluding hydrogens is 262 g/mol. The summed E-state index contributed by atoms with van der Waals surface area (Å²) in [4.78, 5) is 0. The maximum Gasteiger partial charge on any atom is 0.124 e. The van der Waals surface area contributed by atoms with Gasteiger partial charge in [0.05, 0.1) is 13.7 Å². The Kier molecular flexibility index (Phi) is 5.23. The van der Waals surface area contributed by atoms with Gasteiger partial charge in [0.2, 0.25) is 0 Å². The quantitative estimate of drug-likeness (QED) is 0.881. The first kappa shape index (κ1) is 15.4. The average molecular weight is 285 g/mol. The van der Waals surface area contributed by atoms with Crippen LogP contribution in [-0.2, 0) is 6.42 Å². The molecule has 0 aliphatic rings. The normalized spacial score (nSPS) is 12.0. The highest BCUT2D eigenvalue weighted by molar-refractivity contribution is 5.41. The van der Waals surface area contributed by atoms with Crippen LogP contribution in [0.1, 0.15) is 29.7 Å². The summed E-state index contributed by atoms with van der Waals surface area (Å²) in [5, 5.41) is 0. The molecule has 0 saturated carbocycles. The fourth-order valence-electron chi connectivity index (χ4n) is 2.49. The predicted molar refractivity (Wildman–Crippen MR) is 86.0 cm³/mol. The second-order valence-electron chi connectivity index (χ2n) is 5.10. The number of hydrogen-bond donors (Lipinski definition) is 1. The van der Waals surface area contributed by atoms with Gasteiger partial charge in [-0.3, -0.25) is 0 Å². The monoisotopic (exact) mass is 285 g/mol. The molecule has 2 N–H and O–H groups in total. The first-order chi connectivity index (χ1) is 10.2. The van der Waals surface area contributed by atoms with Gasteiger partial charge in [0.25, 0.3) is 0 Å². The molecule has 21 heavy (non-hydrogen) atoms. The first-order valence-electron chi connectivity index (χ1n) is 7.26. The van der Waals surface area contributed by atoms with E-state index < -0.39 is 0 Å². The van der Waals surface area contributed by atoms with Gasteiger partial charge in [0.15, 0.2) is 0 Å². The van der Waals surface area contributed by atoms with Gasteiger partial charge in [-0.2, -0.15) is 0 Å². The van der Waals surface area contributed by atoms with E-state index in [-0.39, 0.29) is 6.04 Å². The lowest BCUT2D eigenvalue weighted by molar-refractivity contribution is 0.334. The number of hydrogen-bond acceptors (Lipinski definition) is 3. The van der Waals surface area contributed by atoms with Crippen LogP contribution in [0.2, 0.25) is 0 Å². The van der Waals surface area contributed by atoms with Crippen LogP contribution in [0, 0.1) is 6.92 Å². The van der Waals surface area contributed by atoms with Gasteiger partial charge in [0, 0.05) is 11.6 Å². The summed E-state index contributed by atoms with van der Waals surface area (Å²) in [6.07, 6.45) is 0.717. The number of para-hydroxylation sites is 1. The van der Waals surface area contributed by atoms with E-state index in [1.807, 2.05) is 43.3 Å². The molecule has 3 nitrogen and oxygen atoms in total. The minimum atomic E-state index is -0.122. The first-order valence-corrected chi connectivity index (χ1v) is 7.26. The summed E-state index contributed by atoms with van der Waals surface area (Å²) >= 11 is 0. The molecule has 2 aromatic rings. The lowest BCUT2D eigenvalue weighted by Crippen LogP contribution is -2.15. The van der Waals surface area contributed by atoms with Crippen molar-refractivity contribution in [3.8, 4) is 11.5 Å². The molecule has 0 aliphatic heterocycles. The largest absolute Gasteiger partial charge is 0.496 e. The number of methoxy groups -OCH3 is 1. The Balaban J connectivity index is 2.26. The number of nitrogens with two attached hydrogens (primary N) is 1. The molecule has 1 unspecified atom stereocenters. The van der Waals surface area contributed by atoms with Crippen LogP contribution >= 0.6 is 0 Å². The van der Waals surface area contributed by atoms with E-state index in [4.69, 9.17) is 15.2 Å². The number of rotatable bonds is 6. The van der Waals surface area contributed by atoms with Crippen molar-refractivity contribution in [2.45, 2.75) is 26.3 Å². The second-order valence-corrected chi connectivity index (χ2v) is 5.10. The minimum absolute atomic E-state index is 0.122. The van der Waals surface area contributed by atoms with Gasteiger partial charge in [-0.15, -0.1) is 0 Å². The summed E-state index contributed by atoms with van der Waals surface area (Å²) in [6.45, 7) is 4.69. The topological polar surface area (TPSA) is 44.5 Å². The Morgan fingerprint density at radius 2 is 1.86 bits per heavy atom. The lowest BCUT2D eigenvalue weighted by Gasteiger charge is -2.18. The molecule has 0 aliphatic carbocycles. The predicted octanol–water partition coefficient (Wildman–Crippen LogP) is 3.64. The van der Waals surface area contributed by atoms with Crippen LogP contribution in [0.15, 0.2) is 42.5 Å². The van der Waals surface area contributed by atoms with Crippen LogP contribution in [0.25, 0.3) is 0 Å². The van der Waals surface area contributed by atoms with Gasteiger partial charge in [-0.1, -0.05) is 35.9 Å². The maximum absolute atomic E-state index is 6.40. The molecular formula is C18H23NO2. The van der Waals surface area contributed by atoms with Crippen molar-refractivity contribution in [2.24, 2.45) is 5.73 Å². The fourth-order valence-corrected chi connectivity index (χ4v) is 2.49. The van der Waals surface area contributed by atoms with E-state index in [2.05, 4.69) is 13.0 Å². The summed E-state index contributed by atoms with van der Waals surface area (Å²) in [5.41, 5.74) is 9.75. The van der Waals surface area contributed by atoms with Crippen molar-refractivity contribution in [1.29, 1.82) is 0 Å². The molecule has 0 spiro atoms. The standard InChI is InChI=1S/C18H23NO2/c1-4-21-18-8-6-5-7-15(18)16(19)12-14-11-13(2)9-10-17(14)20-3/h5-11,16H,4,12,19H2,1-3H3. The Morgan fingerprint density at radius 1 is 1.10 bits per heavy atom. The molecule has 0 bridgehead atoms. The maximum atomic E-state index is 6.40. The van der Waals surface area contributed by atoms with E-state index in [9.17, 15) is 0 Å². The Labute approximate surface area is 126 Å². The Bertz CT molecular complexity index is 596. The van der Waals surface area contributed by atoms with Crippen molar-refractivity contribution >= 4 is 0 Å². The fraction of sp³-hybridized carbons (Fsp3) is 0.333. The third-order valence-electron chi connectivity index (χ3n) is 3.49. The molecule has 0 saturated heterocycles. The van der Waals surface area contributed by atoms with Gasteiger partial charge >= 0.3 is 0 Å². The van der Waals surface area contributed by atoms with E-state index >= 15 is 0 Å². The Hall–Kier alpha value is -2.00. The molecule has 2 aromatic carbocycles. The Morgan fingerprint density at radius 3 is 2.57 bits per heavy atom. The summed E-state index contributed by atoms with van der Waals surface area (Å²) in [7, 11) is 1.69. The summed E-state index contributed by atoms with van der Waals surface area (Å²) < 4.78 is 11.1. The van der Waals surface area contributed by atoms with Gasteiger partial charge in [-0.05, 0) is 38.0 Å². The molecule has 0 radical (unpaired) electrons. The molecule has 1 atom stereocenters. The van der Waals surface area contributed by atoms with E-state index in [1.54, 1.807) is 7.11 Å². The van der Waals surface area contributed by atoms with Crippen LogP contribution < -0.4 is 15.2 Å². The second kappa shape index (κ2) is 7.14. The molecule has 0 heterocycles. The number of aryl methyl sites for hydroxylation is 1. The van der Waals surface area contributed by atoms with Crippen molar-refractivity contribution < 1.29 is 9.47 Å². The van der Waals surface area contributed by atoms with Crippen molar-refractivity contribution in [1.82, 2.24) is 0 Å². The van der Waals surface area contributed by atoms with Crippen LogP contribution in [0.4, 0.5) is 0 Å². The minimum Gasteiger partial charge on any atom is -0.496 e. The summed E-state index contributed by atoms with van der Waals surface area (Å²) in [5.74, 6) is 1.74. The SMILES string of the molecule is CCOc1ccccc1C(N)Cc1cc(C)ccc1OC. The third kappa shape index (κ3) is 3.76. The zero-order valence-corrected chi connectivity index (χ0v) is 12.9.